The van der Waals surface area contributed by atoms with Crippen LogP contribution in [0.25, 0.3) is 0 Å². The second kappa shape index (κ2) is 5.01. The smallest absolute Gasteiger partial charge is 0.468 e. The fourth-order valence-electron chi connectivity index (χ4n) is 2.72. The Labute approximate surface area is 126 Å². The molecule has 1 aliphatic heterocycles. The van der Waals surface area contributed by atoms with E-state index in [-0.39, 0.29) is 18.0 Å². The average Bonchev–Trinajstić information content (AvgIpc) is 2.57. The van der Waals surface area contributed by atoms with Crippen LogP contribution in [-0.2, 0) is 26.9 Å². The highest BCUT2D eigenvalue weighted by Crippen LogP contribution is 2.39. The molecule has 1 aromatic rings. The average molecular weight is 290 g/mol. The fraction of sp³-hybridized carbons (Fsp3) is 0.625. The van der Waals surface area contributed by atoms with Crippen LogP contribution in [0.3, 0.4) is 0 Å². The molecule has 2 aliphatic rings. The summed E-state index contributed by atoms with van der Waals surface area (Å²) in [5.74, 6) is 0.874. The molecule has 0 atom stereocenters. The van der Waals surface area contributed by atoms with Gasteiger partial charge in [0.15, 0.2) is 6.79 Å². The van der Waals surface area contributed by atoms with Crippen molar-refractivity contribution < 1.29 is 18.8 Å². The standard InChI is InChI=1S/C16H23BO4/c1-15(2)16(3,4)21-17(20-15)13-9-7-11-6-8-12(11)14(13)19-10-18-5/h7,9H,6,8,10H2,1-5H3. The van der Waals surface area contributed by atoms with Gasteiger partial charge in [-0.25, -0.2) is 0 Å². The van der Waals surface area contributed by atoms with Gasteiger partial charge in [-0.15, -0.1) is 0 Å². The maximum Gasteiger partial charge on any atom is 0.498 e. The predicted molar refractivity (Wildman–Crippen MR) is 82.1 cm³/mol. The second-order valence-corrected chi connectivity index (χ2v) is 6.76. The SMILES string of the molecule is COCOc1c(B2OC(C)(C)C(C)(C)O2)ccc2c1CC2. The molecule has 3 rings (SSSR count). The second-order valence-electron chi connectivity index (χ2n) is 6.76. The van der Waals surface area contributed by atoms with E-state index in [1.807, 2.05) is 0 Å². The summed E-state index contributed by atoms with van der Waals surface area (Å²) in [6.45, 7) is 8.48. The quantitative estimate of drug-likeness (QED) is 0.628. The van der Waals surface area contributed by atoms with E-state index in [2.05, 4.69) is 39.8 Å². The van der Waals surface area contributed by atoms with Crippen LogP contribution >= 0.6 is 0 Å². The Hall–Kier alpha value is -1.04. The van der Waals surface area contributed by atoms with Gasteiger partial charge in [0.05, 0.1) is 11.2 Å². The number of aryl methyl sites for hydroxylation is 1. The molecule has 21 heavy (non-hydrogen) atoms. The molecule has 0 N–H and O–H groups in total. The third kappa shape index (κ3) is 2.37. The molecule has 0 saturated carbocycles. The lowest BCUT2D eigenvalue weighted by Gasteiger charge is -2.32. The van der Waals surface area contributed by atoms with Crippen molar-refractivity contribution in [3.05, 3.63) is 23.3 Å². The molecule has 1 fully saturated rings. The van der Waals surface area contributed by atoms with Crippen LogP contribution in [0.4, 0.5) is 0 Å². The summed E-state index contributed by atoms with van der Waals surface area (Å²) in [5.41, 5.74) is 2.88. The van der Waals surface area contributed by atoms with E-state index in [0.717, 1.165) is 24.1 Å². The van der Waals surface area contributed by atoms with E-state index < -0.39 is 7.12 Å². The van der Waals surface area contributed by atoms with Crippen LogP contribution in [0.15, 0.2) is 12.1 Å². The maximum absolute atomic E-state index is 6.15. The molecule has 4 nitrogen and oxygen atoms in total. The van der Waals surface area contributed by atoms with Crippen LogP contribution < -0.4 is 10.2 Å². The highest BCUT2D eigenvalue weighted by molar-refractivity contribution is 6.63. The monoisotopic (exact) mass is 290 g/mol. The first-order valence-corrected chi connectivity index (χ1v) is 7.48. The van der Waals surface area contributed by atoms with Crippen molar-refractivity contribution in [2.45, 2.75) is 51.7 Å². The highest BCUT2D eigenvalue weighted by atomic mass is 16.7. The van der Waals surface area contributed by atoms with Gasteiger partial charge in [0.25, 0.3) is 0 Å². The zero-order chi connectivity index (χ0) is 15.3. The number of benzene rings is 1. The van der Waals surface area contributed by atoms with Gasteiger partial charge in [-0.1, -0.05) is 12.1 Å². The van der Waals surface area contributed by atoms with Crippen LogP contribution in [0.1, 0.15) is 38.8 Å². The molecule has 1 heterocycles. The molecule has 0 aromatic heterocycles. The van der Waals surface area contributed by atoms with Gasteiger partial charge in [-0.3, -0.25) is 0 Å². The van der Waals surface area contributed by atoms with Crippen molar-refractivity contribution in [2.24, 2.45) is 0 Å². The van der Waals surface area contributed by atoms with E-state index in [1.165, 1.54) is 11.1 Å². The largest absolute Gasteiger partial charge is 0.498 e. The van der Waals surface area contributed by atoms with Crippen molar-refractivity contribution in [1.29, 1.82) is 0 Å². The van der Waals surface area contributed by atoms with E-state index in [9.17, 15) is 0 Å². The lowest BCUT2D eigenvalue weighted by atomic mass is 9.73. The summed E-state index contributed by atoms with van der Waals surface area (Å²) in [7, 11) is 1.23. The van der Waals surface area contributed by atoms with E-state index >= 15 is 0 Å². The predicted octanol–water partition coefficient (Wildman–Crippen LogP) is 2.07. The Morgan fingerprint density at radius 3 is 2.29 bits per heavy atom. The minimum absolute atomic E-state index is 0.239. The Balaban J connectivity index is 1.94. The van der Waals surface area contributed by atoms with Crippen LogP contribution in [0, 0.1) is 0 Å². The number of rotatable bonds is 4. The first-order valence-electron chi connectivity index (χ1n) is 7.48. The minimum Gasteiger partial charge on any atom is -0.468 e. The summed E-state index contributed by atoms with van der Waals surface area (Å²) < 4.78 is 23.2. The van der Waals surface area contributed by atoms with Crippen molar-refractivity contribution in [3.8, 4) is 5.75 Å². The number of fused-ring (bicyclic) bond motifs is 1. The summed E-state index contributed by atoms with van der Waals surface area (Å²) in [6, 6.07) is 4.21. The van der Waals surface area contributed by atoms with Gasteiger partial charge in [0, 0.05) is 12.6 Å². The molecule has 1 aliphatic carbocycles. The Morgan fingerprint density at radius 2 is 1.76 bits per heavy atom. The first kappa shape index (κ1) is 14.9. The minimum atomic E-state index is -0.396. The van der Waals surface area contributed by atoms with Gasteiger partial charge in [0.2, 0.25) is 0 Å². The Bertz CT molecular complexity index is 537. The van der Waals surface area contributed by atoms with Crippen LogP contribution in [0.5, 0.6) is 5.75 Å². The zero-order valence-corrected chi connectivity index (χ0v) is 13.5. The third-order valence-corrected chi connectivity index (χ3v) is 4.86. The fourth-order valence-corrected chi connectivity index (χ4v) is 2.72. The molecule has 0 spiro atoms. The number of ether oxygens (including phenoxy) is 2. The van der Waals surface area contributed by atoms with Crippen LogP contribution in [-0.4, -0.2) is 32.2 Å². The molecule has 0 bridgehead atoms. The molecule has 0 unspecified atom stereocenters. The van der Waals surface area contributed by atoms with Crippen molar-refractivity contribution >= 4 is 12.6 Å². The van der Waals surface area contributed by atoms with Gasteiger partial charge in [-0.05, 0) is 51.7 Å². The van der Waals surface area contributed by atoms with Gasteiger partial charge >= 0.3 is 7.12 Å². The third-order valence-electron chi connectivity index (χ3n) is 4.86. The first-order chi connectivity index (χ1) is 9.86. The molecule has 0 radical (unpaired) electrons. The van der Waals surface area contributed by atoms with Gasteiger partial charge in [0.1, 0.15) is 5.75 Å². The lowest BCUT2D eigenvalue weighted by Crippen LogP contribution is -2.41. The maximum atomic E-state index is 6.15. The van der Waals surface area contributed by atoms with Gasteiger partial charge in [-0.2, -0.15) is 0 Å². The number of methoxy groups -OCH3 is 1. The molecular formula is C16H23BO4. The topological polar surface area (TPSA) is 36.9 Å². The molecule has 1 aromatic carbocycles. The highest BCUT2D eigenvalue weighted by Gasteiger charge is 2.52. The van der Waals surface area contributed by atoms with E-state index in [0.29, 0.717) is 0 Å². The van der Waals surface area contributed by atoms with E-state index in [1.54, 1.807) is 7.11 Å². The molecule has 0 amide bonds. The Kier molecular flexibility index (Phi) is 3.55. The number of hydrogen-bond donors (Lipinski definition) is 0. The summed E-state index contributed by atoms with van der Waals surface area (Å²) >= 11 is 0. The van der Waals surface area contributed by atoms with E-state index in [4.69, 9.17) is 18.8 Å². The molecular weight excluding hydrogens is 267 g/mol. The summed E-state index contributed by atoms with van der Waals surface area (Å²) in [4.78, 5) is 0. The molecule has 114 valence electrons. The normalized spacial score (nSPS) is 21.9. The molecule has 5 heteroatoms. The van der Waals surface area contributed by atoms with Gasteiger partial charge < -0.3 is 18.8 Å². The number of hydrogen-bond acceptors (Lipinski definition) is 4. The van der Waals surface area contributed by atoms with Crippen LogP contribution in [0.2, 0.25) is 0 Å². The van der Waals surface area contributed by atoms with Crippen molar-refractivity contribution in [3.63, 3.8) is 0 Å². The summed E-state index contributed by atoms with van der Waals surface area (Å²) in [6.07, 6.45) is 2.16. The Morgan fingerprint density at radius 1 is 1.10 bits per heavy atom. The zero-order valence-electron chi connectivity index (χ0n) is 13.5. The van der Waals surface area contributed by atoms with Crippen molar-refractivity contribution in [2.75, 3.05) is 13.9 Å². The summed E-state index contributed by atoms with van der Waals surface area (Å²) in [5, 5.41) is 0. The lowest BCUT2D eigenvalue weighted by molar-refractivity contribution is 0.00578. The van der Waals surface area contributed by atoms with Crippen molar-refractivity contribution in [1.82, 2.24) is 0 Å². The molecule has 1 saturated heterocycles.